The zero-order valence-corrected chi connectivity index (χ0v) is 18.9. The van der Waals surface area contributed by atoms with Crippen LogP contribution >= 0.6 is 0 Å². The van der Waals surface area contributed by atoms with Gasteiger partial charge in [-0.3, -0.25) is 4.79 Å². The van der Waals surface area contributed by atoms with Crippen LogP contribution in [0.15, 0.2) is 58.7 Å². The maximum absolute atomic E-state index is 15.9. The molecule has 0 radical (unpaired) electrons. The fourth-order valence-electron chi connectivity index (χ4n) is 4.04. The summed E-state index contributed by atoms with van der Waals surface area (Å²) >= 11 is 0. The topological polar surface area (TPSA) is 80.9 Å². The van der Waals surface area contributed by atoms with Crippen molar-refractivity contribution in [2.75, 3.05) is 14.2 Å². The maximum atomic E-state index is 15.9. The van der Waals surface area contributed by atoms with Gasteiger partial charge in [0, 0.05) is 11.1 Å². The fourth-order valence-corrected chi connectivity index (χ4v) is 4.04. The zero-order valence-electron chi connectivity index (χ0n) is 18.9. The van der Waals surface area contributed by atoms with Crippen LogP contribution in [0.3, 0.4) is 0 Å². The van der Waals surface area contributed by atoms with Crippen molar-refractivity contribution >= 4 is 22.9 Å². The lowest BCUT2D eigenvalue weighted by molar-refractivity contribution is -0.120. The SMILES string of the molecule is COc1cc(/C(F)=C2/C(C)=C(CC(=O)NCc3ccco3)c3cc(F)ccc32)cc(OC)c1O. The number of carbonyl (C=O) groups excluding carboxylic acids is 1. The summed E-state index contributed by atoms with van der Waals surface area (Å²) < 4.78 is 45.6. The molecule has 0 saturated heterocycles. The molecule has 1 amide bonds. The van der Waals surface area contributed by atoms with Crippen LogP contribution in [-0.4, -0.2) is 25.2 Å². The highest BCUT2D eigenvalue weighted by Gasteiger charge is 2.29. The Balaban J connectivity index is 1.76. The van der Waals surface area contributed by atoms with Gasteiger partial charge in [-0.05, 0) is 65.6 Å². The average molecular weight is 467 g/mol. The number of hydrogen-bond donors (Lipinski definition) is 2. The first kappa shape index (κ1) is 23.1. The number of fused-ring (bicyclic) bond motifs is 1. The van der Waals surface area contributed by atoms with Crippen molar-refractivity contribution < 1.29 is 32.6 Å². The number of halogens is 2. The van der Waals surface area contributed by atoms with E-state index in [1.54, 1.807) is 19.1 Å². The van der Waals surface area contributed by atoms with E-state index >= 15 is 4.39 Å². The van der Waals surface area contributed by atoms with Crippen molar-refractivity contribution in [3.05, 3.63) is 82.6 Å². The summed E-state index contributed by atoms with van der Waals surface area (Å²) in [7, 11) is 2.70. The molecule has 0 bridgehead atoms. The first-order chi connectivity index (χ1) is 16.3. The number of furan rings is 1. The molecule has 176 valence electrons. The molecular formula is C26H23F2NO5. The highest BCUT2D eigenvalue weighted by molar-refractivity contribution is 6.10. The van der Waals surface area contributed by atoms with Gasteiger partial charge in [-0.15, -0.1) is 0 Å². The summed E-state index contributed by atoms with van der Waals surface area (Å²) in [5.41, 5.74) is 2.30. The standard InChI is InChI=1S/C26H23F2NO5/c1-14-19(12-23(30)29-13-17-5-4-8-34-17)20-11-16(27)6-7-18(20)24(14)25(28)15-9-21(32-2)26(31)22(10-15)33-3/h4-11,31H,12-13H2,1-3H3,(H,29,30)/b25-24+. The van der Waals surface area contributed by atoms with Crippen molar-refractivity contribution in [1.29, 1.82) is 0 Å². The van der Waals surface area contributed by atoms with Crippen LogP contribution in [0.25, 0.3) is 17.0 Å². The van der Waals surface area contributed by atoms with Gasteiger partial charge >= 0.3 is 0 Å². The summed E-state index contributed by atoms with van der Waals surface area (Å²) in [5, 5.41) is 12.9. The van der Waals surface area contributed by atoms with E-state index in [4.69, 9.17) is 13.9 Å². The number of nitrogens with one attached hydrogen (secondary N) is 1. The number of amides is 1. The molecule has 2 aromatic carbocycles. The number of rotatable bonds is 7. The minimum Gasteiger partial charge on any atom is -0.502 e. The summed E-state index contributed by atoms with van der Waals surface area (Å²) in [6.45, 7) is 1.90. The van der Waals surface area contributed by atoms with Gasteiger partial charge in [0.2, 0.25) is 11.7 Å². The van der Waals surface area contributed by atoms with E-state index in [2.05, 4.69) is 5.32 Å². The van der Waals surface area contributed by atoms with Crippen molar-refractivity contribution in [1.82, 2.24) is 5.32 Å². The number of ether oxygens (including phenoxy) is 2. The van der Waals surface area contributed by atoms with Gasteiger partial charge in [0.15, 0.2) is 11.5 Å². The van der Waals surface area contributed by atoms with E-state index in [1.807, 2.05) is 0 Å². The zero-order chi connectivity index (χ0) is 24.4. The molecular weight excluding hydrogens is 444 g/mol. The number of phenols is 1. The molecule has 0 aliphatic heterocycles. The van der Waals surface area contributed by atoms with Crippen LogP contribution in [0.5, 0.6) is 17.2 Å². The summed E-state index contributed by atoms with van der Waals surface area (Å²) in [6.07, 6.45) is 1.44. The van der Waals surface area contributed by atoms with Gasteiger partial charge in [0.1, 0.15) is 17.4 Å². The average Bonchev–Trinajstić information content (AvgIpc) is 3.44. The molecule has 8 heteroatoms. The Bertz CT molecular complexity index is 1280. The van der Waals surface area contributed by atoms with Crippen LogP contribution in [-0.2, 0) is 11.3 Å². The molecule has 0 unspecified atom stereocenters. The molecule has 1 heterocycles. The third-order valence-electron chi connectivity index (χ3n) is 5.73. The van der Waals surface area contributed by atoms with Crippen molar-refractivity contribution in [3.8, 4) is 17.2 Å². The Morgan fingerprint density at radius 2 is 1.79 bits per heavy atom. The second kappa shape index (κ2) is 9.43. The van der Waals surface area contributed by atoms with Crippen LogP contribution in [0, 0.1) is 5.82 Å². The Hall–Kier alpha value is -4.07. The minimum atomic E-state index is -0.618. The van der Waals surface area contributed by atoms with Crippen molar-refractivity contribution in [2.45, 2.75) is 19.9 Å². The van der Waals surface area contributed by atoms with E-state index < -0.39 is 11.6 Å². The second-order valence-corrected chi connectivity index (χ2v) is 7.74. The fraction of sp³-hybridized carbons (Fsp3) is 0.192. The monoisotopic (exact) mass is 467 g/mol. The first-order valence-electron chi connectivity index (χ1n) is 10.5. The number of phenolic OH excluding ortho intramolecular Hbond substituents is 1. The van der Waals surface area contributed by atoms with E-state index in [-0.39, 0.29) is 47.3 Å². The second-order valence-electron chi connectivity index (χ2n) is 7.74. The predicted octanol–water partition coefficient (Wildman–Crippen LogP) is 5.47. The predicted molar refractivity (Wildman–Crippen MR) is 123 cm³/mol. The number of carbonyl (C=O) groups is 1. The Morgan fingerprint density at radius 1 is 1.09 bits per heavy atom. The number of hydrogen-bond acceptors (Lipinski definition) is 5. The van der Waals surface area contributed by atoms with Gasteiger partial charge < -0.3 is 24.3 Å². The number of benzene rings is 2. The summed E-state index contributed by atoms with van der Waals surface area (Å²) in [6, 6.07) is 10.2. The molecule has 3 aromatic rings. The number of allylic oxidation sites excluding steroid dienone is 2. The Labute approximate surface area is 195 Å². The van der Waals surface area contributed by atoms with Crippen molar-refractivity contribution in [3.63, 3.8) is 0 Å². The molecule has 2 N–H and O–H groups in total. The summed E-state index contributed by atoms with van der Waals surface area (Å²) in [4.78, 5) is 12.6. The van der Waals surface area contributed by atoms with E-state index in [0.717, 1.165) is 0 Å². The lowest BCUT2D eigenvalue weighted by atomic mass is 9.99. The molecule has 1 aromatic heterocycles. The number of methoxy groups -OCH3 is 2. The van der Waals surface area contributed by atoms with E-state index in [1.165, 1.54) is 50.8 Å². The van der Waals surface area contributed by atoms with Gasteiger partial charge in [0.25, 0.3) is 0 Å². The lowest BCUT2D eigenvalue weighted by Crippen LogP contribution is -2.22. The Kier molecular flexibility index (Phi) is 6.40. The van der Waals surface area contributed by atoms with Crippen LogP contribution in [0.1, 0.15) is 35.8 Å². The van der Waals surface area contributed by atoms with Crippen molar-refractivity contribution in [2.24, 2.45) is 0 Å². The van der Waals surface area contributed by atoms with Gasteiger partial charge in [-0.25, -0.2) is 8.78 Å². The smallest absolute Gasteiger partial charge is 0.224 e. The largest absolute Gasteiger partial charge is 0.502 e. The highest BCUT2D eigenvalue weighted by Crippen LogP contribution is 2.48. The molecule has 1 aliphatic rings. The lowest BCUT2D eigenvalue weighted by Gasteiger charge is -2.12. The van der Waals surface area contributed by atoms with Crippen LogP contribution < -0.4 is 14.8 Å². The van der Waals surface area contributed by atoms with Crippen LogP contribution in [0.2, 0.25) is 0 Å². The van der Waals surface area contributed by atoms with E-state index in [0.29, 0.717) is 28.0 Å². The minimum absolute atomic E-state index is 0.0431. The number of aromatic hydroxyl groups is 1. The van der Waals surface area contributed by atoms with Gasteiger partial charge in [-0.1, -0.05) is 6.07 Å². The normalized spacial score (nSPS) is 14.1. The van der Waals surface area contributed by atoms with Crippen LogP contribution in [0.4, 0.5) is 8.78 Å². The molecule has 0 saturated carbocycles. The summed E-state index contributed by atoms with van der Waals surface area (Å²) in [5.74, 6) is -0.984. The third kappa shape index (κ3) is 4.26. The Morgan fingerprint density at radius 3 is 2.41 bits per heavy atom. The maximum Gasteiger partial charge on any atom is 0.224 e. The van der Waals surface area contributed by atoms with E-state index in [9.17, 15) is 14.3 Å². The molecule has 34 heavy (non-hydrogen) atoms. The molecule has 0 fully saturated rings. The molecule has 0 atom stereocenters. The molecule has 0 spiro atoms. The molecule has 4 rings (SSSR count). The third-order valence-corrected chi connectivity index (χ3v) is 5.73. The van der Waals surface area contributed by atoms with Gasteiger partial charge in [0.05, 0.1) is 33.4 Å². The highest BCUT2D eigenvalue weighted by atomic mass is 19.1. The molecule has 6 nitrogen and oxygen atoms in total. The quantitative estimate of drug-likeness (QED) is 0.482. The van der Waals surface area contributed by atoms with Gasteiger partial charge in [-0.2, -0.15) is 0 Å². The molecule has 1 aliphatic carbocycles. The first-order valence-corrected chi connectivity index (χ1v) is 10.5.